The van der Waals surface area contributed by atoms with Gasteiger partial charge in [-0.15, -0.1) is 10.2 Å². The molecule has 0 spiro atoms. The highest BCUT2D eigenvalue weighted by Crippen LogP contribution is 2.24. The van der Waals surface area contributed by atoms with Crippen molar-refractivity contribution in [2.45, 2.75) is 69.1 Å². The van der Waals surface area contributed by atoms with Gasteiger partial charge in [-0.1, -0.05) is 102 Å². The lowest BCUT2D eigenvalue weighted by Gasteiger charge is -2.13. The number of aliphatic hydroxyl groups is 1. The smallest absolute Gasteiger partial charge is 0.191 e. The molecule has 0 aliphatic carbocycles. The van der Waals surface area contributed by atoms with Crippen molar-refractivity contribution in [1.82, 2.24) is 20.1 Å². The summed E-state index contributed by atoms with van der Waals surface area (Å²) < 4.78 is 2.29. The molecule has 194 valence electrons. The number of aromatic nitrogens is 3. The zero-order valence-electron chi connectivity index (χ0n) is 21.7. The fraction of sp³-hybridized carbons (Fsp3) is 0.355. The van der Waals surface area contributed by atoms with Crippen molar-refractivity contribution in [1.29, 1.82) is 0 Å². The summed E-state index contributed by atoms with van der Waals surface area (Å²) in [6.45, 7) is 3.77. The van der Waals surface area contributed by atoms with Crippen LogP contribution in [-0.2, 0) is 31.6 Å². The van der Waals surface area contributed by atoms with Crippen LogP contribution in [0, 0.1) is 6.92 Å². The summed E-state index contributed by atoms with van der Waals surface area (Å²) in [5.41, 5.74) is 5.19. The van der Waals surface area contributed by atoms with Gasteiger partial charge >= 0.3 is 0 Å². The minimum atomic E-state index is -0.472. The number of rotatable bonds is 15. The van der Waals surface area contributed by atoms with Gasteiger partial charge in [0.05, 0.1) is 0 Å². The monoisotopic (exact) mass is 514 g/mol. The fourth-order valence-corrected chi connectivity index (χ4v) is 5.35. The van der Waals surface area contributed by atoms with Crippen molar-refractivity contribution >= 4 is 11.8 Å². The van der Waals surface area contributed by atoms with Crippen molar-refractivity contribution in [2.24, 2.45) is 0 Å². The molecule has 1 atom stereocenters. The van der Waals surface area contributed by atoms with Crippen LogP contribution in [-0.4, -0.2) is 32.6 Å². The number of hydrogen-bond donors (Lipinski definition) is 2. The van der Waals surface area contributed by atoms with Gasteiger partial charge in [0.15, 0.2) is 5.16 Å². The van der Waals surface area contributed by atoms with Gasteiger partial charge in [-0.2, -0.15) is 0 Å². The third-order valence-electron chi connectivity index (χ3n) is 6.48. The van der Waals surface area contributed by atoms with Crippen molar-refractivity contribution in [2.75, 3.05) is 6.54 Å². The van der Waals surface area contributed by atoms with E-state index >= 15 is 0 Å². The fourth-order valence-electron chi connectivity index (χ4n) is 4.42. The average Bonchev–Trinajstić information content (AvgIpc) is 3.31. The van der Waals surface area contributed by atoms with E-state index in [1.807, 2.05) is 6.07 Å². The second-order valence-electron chi connectivity index (χ2n) is 9.52. The van der Waals surface area contributed by atoms with Gasteiger partial charge in [-0.05, 0) is 55.7 Å². The second-order valence-corrected chi connectivity index (χ2v) is 10.5. The number of aryl methyl sites for hydroxylation is 3. The zero-order chi connectivity index (χ0) is 25.7. The molecule has 37 heavy (non-hydrogen) atoms. The van der Waals surface area contributed by atoms with Crippen LogP contribution in [0.3, 0.4) is 0 Å². The Hall–Kier alpha value is -2.93. The van der Waals surface area contributed by atoms with Crippen LogP contribution in [0.5, 0.6) is 0 Å². The molecule has 5 nitrogen and oxygen atoms in total. The first-order valence-electron chi connectivity index (χ1n) is 13.3. The number of hydrogen-bond acceptors (Lipinski definition) is 5. The minimum absolute atomic E-state index is 0.472. The van der Waals surface area contributed by atoms with Crippen LogP contribution in [0.25, 0.3) is 0 Å². The number of unbranched alkanes of at least 4 members (excludes halogenated alkanes) is 1. The first-order valence-corrected chi connectivity index (χ1v) is 14.3. The Labute approximate surface area is 225 Å². The Morgan fingerprint density at radius 1 is 0.811 bits per heavy atom. The van der Waals surface area contributed by atoms with Gasteiger partial charge in [0.1, 0.15) is 12.1 Å². The van der Waals surface area contributed by atoms with E-state index in [4.69, 9.17) is 0 Å². The highest BCUT2D eigenvalue weighted by atomic mass is 32.2. The summed E-state index contributed by atoms with van der Waals surface area (Å²) in [5.74, 6) is 1.92. The highest BCUT2D eigenvalue weighted by molar-refractivity contribution is 7.98. The molecule has 0 radical (unpaired) electrons. The molecular formula is C31H38N4OS. The lowest BCUT2D eigenvalue weighted by Crippen LogP contribution is -2.30. The minimum Gasteiger partial charge on any atom is -0.379 e. The predicted octanol–water partition coefficient (Wildman–Crippen LogP) is 5.99. The number of nitrogens with one attached hydrogen (secondary N) is 1. The largest absolute Gasteiger partial charge is 0.379 e. The standard InChI is InChI=1S/C31H38N4OS/c1-25-11-10-16-28(23-25)24-37-31-34-33-29(35(31)22-20-27-14-6-3-7-15-27)17-8-9-18-30(36)32-21-19-26-12-4-2-5-13-26/h2-7,10-16,23,30,32,36H,8-9,17-22,24H2,1H3. The number of aliphatic hydroxyl groups excluding tert-OH is 1. The molecule has 2 N–H and O–H groups in total. The molecule has 0 saturated heterocycles. The Kier molecular flexibility index (Phi) is 10.8. The first kappa shape index (κ1) is 27.1. The molecule has 4 aromatic rings. The molecule has 3 aromatic carbocycles. The van der Waals surface area contributed by atoms with Crippen LogP contribution in [0.4, 0.5) is 0 Å². The Balaban J connectivity index is 1.28. The van der Waals surface area contributed by atoms with Crippen LogP contribution < -0.4 is 5.32 Å². The van der Waals surface area contributed by atoms with Gasteiger partial charge in [0, 0.05) is 25.3 Å². The Morgan fingerprint density at radius 3 is 2.24 bits per heavy atom. The molecule has 0 fully saturated rings. The summed E-state index contributed by atoms with van der Waals surface area (Å²) >= 11 is 1.76. The summed E-state index contributed by atoms with van der Waals surface area (Å²) in [5, 5.41) is 23.7. The van der Waals surface area contributed by atoms with Crippen LogP contribution in [0.1, 0.15) is 47.3 Å². The molecule has 1 aromatic heterocycles. The van der Waals surface area contributed by atoms with E-state index in [1.54, 1.807) is 11.8 Å². The lowest BCUT2D eigenvalue weighted by atomic mass is 10.1. The van der Waals surface area contributed by atoms with Gasteiger partial charge in [0.2, 0.25) is 0 Å². The van der Waals surface area contributed by atoms with Crippen LogP contribution in [0.2, 0.25) is 0 Å². The summed E-state index contributed by atoms with van der Waals surface area (Å²) in [7, 11) is 0. The molecule has 4 rings (SSSR count). The maximum atomic E-state index is 10.3. The molecule has 0 amide bonds. The highest BCUT2D eigenvalue weighted by Gasteiger charge is 2.13. The van der Waals surface area contributed by atoms with E-state index in [0.717, 1.165) is 68.3 Å². The van der Waals surface area contributed by atoms with E-state index in [-0.39, 0.29) is 0 Å². The van der Waals surface area contributed by atoms with Crippen molar-refractivity contribution in [3.63, 3.8) is 0 Å². The van der Waals surface area contributed by atoms with E-state index in [9.17, 15) is 5.11 Å². The predicted molar refractivity (Wildman–Crippen MR) is 153 cm³/mol. The van der Waals surface area contributed by atoms with E-state index in [1.165, 1.54) is 22.3 Å². The summed E-state index contributed by atoms with van der Waals surface area (Å²) in [6.07, 6.45) is 4.92. The van der Waals surface area contributed by atoms with E-state index in [2.05, 4.69) is 106 Å². The van der Waals surface area contributed by atoms with E-state index < -0.39 is 6.23 Å². The van der Waals surface area contributed by atoms with E-state index in [0.29, 0.717) is 0 Å². The van der Waals surface area contributed by atoms with Gasteiger partial charge in [-0.25, -0.2) is 0 Å². The normalized spacial score (nSPS) is 12.1. The molecule has 0 aliphatic heterocycles. The Morgan fingerprint density at radius 2 is 1.51 bits per heavy atom. The van der Waals surface area contributed by atoms with Crippen molar-refractivity contribution < 1.29 is 5.11 Å². The summed E-state index contributed by atoms with van der Waals surface area (Å²) in [4.78, 5) is 0. The number of nitrogens with zero attached hydrogens (tertiary/aromatic N) is 3. The lowest BCUT2D eigenvalue weighted by molar-refractivity contribution is 0.125. The maximum Gasteiger partial charge on any atom is 0.191 e. The Bertz CT molecular complexity index is 1200. The summed E-state index contributed by atoms with van der Waals surface area (Å²) in [6, 6.07) is 29.6. The average molecular weight is 515 g/mol. The first-order chi connectivity index (χ1) is 18.2. The SMILES string of the molecule is Cc1cccc(CSc2nnc(CCCCC(O)NCCc3ccccc3)n2CCc2ccccc2)c1. The van der Waals surface area contributed by atoms with Crippen LogP contribution >= 0.6 is 11.8 Å². The molecule has 6 heteroatoms. The van der Waals surface area contributed by atoms with Crippen LogP contribution in [0.15, 0.2) is 90.1 Å². The van der Waals surface area contributed by atoms with Gasteiger partial charge in [0.25, 0.3) is 0 Å². The molecule has 1 unspecified atom stereocenters. The van der Waals surface area contributed by atoms with Crippen molar-refractivity contribution in [3.8, 4) is 0 Å². The molecule has 0 bridgehead atoms. The number of benzene rings is 3. The zero-order valence-corrected chi connectivity index (χ0v) is 22.5. The van der Waals surface area contributed by atoms with Gasteiger partial charge in [-0.3, -0.25) is 5.32 Å². The maximum absolute atomic E-state index is 10.3. The second kappa shape index (κ2) is 14.7. The quantitative estimate of drug-likeness (QED) is 0.116. The third-order valence-corrected chi connectivity index (χ3v) is 7.51. The molecule has 1 heterocycles. The molecular weight excluding hydrogens is 476 g/mol. The number of thioether (sulfide) groups is 1. The topological polar surface area (TPSA) is 63.0 Å². The van der Waals surface area contributed by atoms with Gasteiger partial charge < -0.3 is 9.67 Å². The third kappa shape index (κ3) is 9.15. The van der Waals surface area contributed by atoms with Crippen molar-refractivity contribution in [3.05, 3.63) is 113 Å². The molecule has 0 aliphatic rings. The molecule has 0 saturated carbocycles.